The minimum atomic E-state index is 0.214. The Bertz CT molecular complexity index is 545. The van der Waals surface area contributed by atoms with Crippen molar-refractivity contribution >= 4 is 7.92 Å². The molecule has 2 aromatic rings. The van der Waals surface area contributed by atoms with Crippen molar-refractivity contribution in [1.29, 1.82) is 0 Å². The van der Waals surface area contributed by atoms with Gasteiger partial charge < -0.3 is 0 Å². The van der Waals surface area contributed by atoms with Crippen molar-refractivity contribution in [1.82, 2.24) is 4.90 Å². The molecule has 0 amide bonds. The molecule has 2 fully saturated rings. The lowest BCUT2D eigenvalue weighted by Crippen LogP contribution is -2.44. The molecule has 23 heavy (non-hydrogen) atoms. The summed E-state index contributed by atoms with van der Waals surface area (Å²) in [6, 6.07) is 22.1. The zero-order valence-corrected chi connectivity index (χ0v) is 14.7. The Morgan fingerprint density at radius 2 is 1.35 bits per heavy atom. The molecule has 2 heterocycles. The monoisotopic (exact) mass is 323 g/mol. The molecule has 4 rings (SSSR count). The Morgan fingerprint density at radius 1 is 0.783 bits per heavy atom. The Morgan fingerprint density at radius 3 is 1.96 bits per heavy atom. The van der Waals surface area contributed by atoms with Crippen LogP contribution in [-0.4, -0.2) is 30.3 Å². The van der Waals surface area contributed by atoms with E-state index in [1.165, 1.54) is 43.6 Å². The number of nitrogens with zero attached hydrogens (tertiary/aromatic N) is 1. The molecule has 2 aliphatic heterocycles. The Balaban J connectivity index is 1.35. The van der Waals surface area contributed by atoms with Gasteiger partial charge in [-0.2, -0.15) is 0 Å². The summed E-state index contributed by atoms with van der Waals surface area (Å²) in [5.74, 6) is 1.89. The van der Waals surface area contributed by atoms with E-state index in [9.17, 15) is 0 Å². The van der Waals surface area contributed by atoms with E-state index in [4.69, 9.17) is 0 Å². The molecular formula is C21H26NP. The molecule has 2 unspecified atom stereocenters. The number of fused-ring (bicyclic) bond motifs is 2. The van der Waals surface area contributed by atoms with Crippen LogP contribution < -0.4 is 0 Å². The van der Waals surface area contributed by atoms with Gasteiger partial charge in [0.25, 0.3) is 0 Å². The first-order valence-corrected chi connectivity index (χ1v) is 10.8. The number of hydrogen-bond acceptors (Lipinski definition) is 1. The van der Waals surface area contributed by atoms with Crippen molar-refractivity contribution in [3.05, 3.63) is 71.8 Å². The van der Waals surface area contributed by atoms with Gasteiger partial charge in [-0.25, -0.2) is 0 Å². The van der Waals surface area contributed by atoms with E-state index in [0.717, 1.165) is 18.4 Å². The first kappa shape index (κ1) is 15.4. The lowest BCUT2D eigenvalue weighted by molar-refractivity contribution is 0.131. The Labute approximate surface area is 141 Å². The van der Waals surface area contributed by atoms with Gasteiger partial charge in [-0.05, 0) is 47.9 Å². The highest BCUT2D eigenvalue weighted by Crippen LogP contribution is 2.50. The summed E-state index contributed by atoms with van der Waals surface area (Å²) in [6.07, 6.45) is 5.82. The van der Waals surface area contributed by atoms with Gasteiger partial charge in [0.1, 0.15) is 0 Å². The van der Waals surface area contributed by atoms with E-state index in [2.05, 4.69) is 65.6 Å². The van der Waals surface area contributed by atoms with Gasteiger partial charge in [0, 0.05) is 19.6 Å². The van der Waals surface area contributed by atoms with E-state index in [1.54, 1.807) is 5.56 Å². The van der Waals surface area contributed by atoms with Crippen LogP contribution in [0.2, 0.25) is 0 Å². The van der Waals surface area contributed by atoms with Crippen LogP contribution in [0.5, 0.6) is 0 Å². The van der Waals surface area contributed by atoms with Crippen LogP contribution in [-0.2, 0) is 12.7 Å². The van der Waals surface area contributed by atoms with E-state index in [-0.39, 0.29) is 7.92 Å². The summed E-state index contributed by atoms with van der Waals surface area (Å²) in [4.78, 5) is 2.71. The molecule has 2 heteroatoms. The number of piperidine rings is 1. The fourth-order valence-corrected chi connectivity index (χ4v) is 7.56. The highest BCUT2D eigenvalue weighted by Gasteiger charge is 2.34. The van der Waals surface area contributed by atoms with E-state index in [1.807, 2.05) is 0 Å². The minimum absolute atomic E-state index is 0.214. The third-order valence-electron chi connectivity index (χ3n) is 5.23. The van der Waals surface area contributed by atoms with Gasteiger partial charge >= 0.3 is 0 Å². The summed E-state index contributed by atoms with van der Waals surface area (Å²) in [6.45, 7) is 3.78. The van der Waals surface area contributed by atoms with E-state index in [0.29, 0.717) is 0 Å². The van der Waals surface area contributed by atoms with Gasteiger partial charge in [-0.3, -0.25) is 4.90 Å². The number of rotatable bonds is 4. The highest BCUT2D eigenvalue weighted by atomic mass is 31.1. The molecular weight excluding hydrogens is 297 g/mol. The van der Waals surface area contributed by atoms with Crippen molar-refractivity contribution < 1.29 is 0 Å². The smallest absolute Gasteiger partial charge is 0.0233 e. The second-order valence-corrected chi connectivity index (χ2v) is 9.72. The summed E-state index contributed by atoms with van der Waals surface area (Å²) < 4.78 is 0. The standard InChI is InChI=1S/C21H26NP/c1-3-7-18(8-4-1)12-22-13-20-11-21(14-22)17-23(16-20)15-19-9-5-2-6-10-19/h1-10,20-21H,11-17H2. The topological polar surface area (TPSA) is 3.24 Å². The van der Waals surface area contributed by atoms with Crippen molar-refractivity contribution in [2.75, 3.05) is 25.4 Å². The lowest BCUT2D eigenvalue weighted by atomic mass is 9.90. The molecule has 2 aromatic carbocycles. The van der Waals surface area contributed by atoms with Gasteiger partial charge in [0.15, 0.2) is 0 Å². The fraction of sp³-hybridized carbons (Fsp3) is 0.429. The zero-order valence-electron chi connectivity index (χ0n) is 13.8. The number of benzene rings is 2. The quantitative estimate of drug-likeness (QED) is 0.729. The predicted molar refractivity (Wildman–Crippen MR) is 100 cm³/mol. The van der Waals surface area contributed by atoms with Crippen molar-refractivity contribution in [2.45, 2.75) is 19.1 Å². The number of hydrogen-bond donors (Lipinski definition) is 0. The molecule has 2 saturated heterocycles. The summed E-state index contributed by atoms with van der Waals surface area (Å²) >= 11 is 0. The maximum absolute atomic E-state index is 2.71. The summed E-state index contributed by atoms with van der Waals surface area (Å²) in [5, 5.41) is 0. The normalized spacial score (nSPS) is 27.7. The Hall–Kier alpha value is -1.17. The fourth-order valence-electron chi connectivity index (χ4n) is 4.44. The largest absolute Gasteiger partial charge is 0.299 e. The third kappa shape index (κ3) is 4.03. The molecule has 0 N–H and O–H groups in total. The molecule has 2 aliphatic rings. The van der Waals surface area contributed by atoms with E-state index >= 15 is 0 Å². The third-order valence-corrected chi connectivity index (χ3v) is 8.11. The van der Waals surface area contributed by atoms with Crippen LogP contribution in [0, 0.1) is 11.8 Å². The first-order valence-electron chi connectivity index (χ1n) is 8.88. The van der Waals surface area contributed by atoms with Crippen molar-refractivity contribution in [3.8, 4) is 0 Å². The second-order valence-electron chi connectivity index (χ2n) is 7.33. The summed E-state index contributed by atoms with van der Waals surface area (Å²) in [7, 11) is 0.214. The molecule has 2 bridgehead atoms. The molecule has 2 atom stereocenters. The van der Waals surface area contributed by atoms with Crippen molar-refractivity contribution in [2.24, 2.45) is 11.8 Å². The molecule has 0 spiro atoms. The maximum atomic E-state index is 2.71. The highest BCUT2D eigenvalue weighted by molar-refractivity contribution is 7.56. The molecule has 0 aliphatic carbocycles. The minimum Gasteiger partial charge on any atom is -0.299 e. The molecule has 0 saturated carbocycles. The average Bonchev–Trinajstić information content (AvgIpc) is 2.56. The van der Waals surface area contributed by atoms with Crippen molar-refractivity contribution in [3.63, 3.8) is 0 Å². The number of likely N-dealkylation sites (tertiary alicyclic amines) is 1. The maximum Gasteiger partial charge on any atom is 0.0233 e. The van der Waals surface area contributed by atoms with Gasteiger partial charge in [0.05, 0.1) is 0 Å². The van der Waals surface area contributed by atoms with Gasteiger partial charge in [0.2, 0.25) is 0 Å². The van der Waals surface area contributed by atoms with Gasteiger partial charge in [-0.1, -0.05) is 60.7 Å². The second kappa shape index (κ2) is 7.16. The van der Waals surface area contributed by atoms with Crippen LogP contribution >= 0.6 is 7.92 Å². The van der Waals surface area contributed by atoms with Crippen LogP contribution in [0.25, 0.3) is 0 Å². The molecule has 120 valence electrons. The van der Waals surface area contributed by atoms with Crippen LogP contribution in [0.1, 0.15) is 17.5 Å². The SMILES string of the molecule is c1ccc(CN2CC3CC(C2)CP(Cc2ccccc2)C3)cc1. The van der Waals surface area contributed by atoms with Gasteiger partial charge in [-0.15, -0.1) is 7.92 Å². The lowest BCUT2D eigenvalue weighted by Gasteiger charge is -2.44. The first-order chi connectivity index (χ1) is 11.3. The zero-order chi connectivity index (χ0) is 15.5. The molecule has 0 aromatic heterocycles. The molecule has 0 radical (unpaired) electrons. The predicted octanol–water partition coefficient (Wildman–Crippen LogP) is 4.82. The molecule has 1 nitrogen and oxygen atoms in total. The average molecular weight is 323 g/mol. The van der Waals surface area contributed by atoms with Crippen LogP contribution in [0.15, 0.2) is 60.7 Å². The summed E-state index contributed by atoms with van der Waals surface area (Å²) in [5.41, 5.74) is 3.03. The van der Waals surface area contributed by atoms with Crippen LogP contribution in [0.3, 0.4) is 0 Å². The Kier molecular flexibility index (Phi) is 4.78. The van der Waals surface area contributed by atoms with E-state index < -0.39 is 0 Å². The van der Waals surface area contributed by atoms with Crippen LogP contribution in [0.4, 0.5) is 0 Å².